The van der Waals surface area contributed by atoms with Crippen LogP contribution in [0.4, 0.5) is 0 Å². The van der Waals surface area contributed by atoms with Gasteiger partial charge < -0.3 is 14.2 Å². The summed E-state index contributed by atoms with van der Waals surface area (Å²) in [6.07, 6.45) is 2.81. The molecule has 0 aliphatic heterocycles. The predicted molar refractivity (Wildman–Crippen MR) is 101 cm³/mol. The average molecular weight is 353 g/mol. The molecule has 0 bridgehead atoms. The van der Waals surface area contributed by atoms with Gasteiger partial charge in [-0.25, -0.2) is 4.79 Å². The molecule has 1 fully saturated rings. The fourth-order valence-electron chi connectivity index (χ4n) is 3.55. The summed E-state index contributed by atoms with van der Waals surface area (Å²) < 4.78 is 11.5. The first kappa shape index (κ1) is 16.9. The first-order valence-corrected chi connectivity index (χ1v) is 9.11. The van der Waals surface area contributed by atoms with E-state index >= 15 is 0 Å². The molecule has 1 saturated carbocycles. The third kappa shape index (κ3) is 2.71. The molecule has 4 rings (SSSR count). The van der Waals surface area contributed by atoms with Crippen LogP contribution in [0, 0.1) is 27.7 Å². The van der Waals surface area contributed by atoms with Gasteiger partial charge >= 0.3 is 5.63 Å². The number of carbonyl (C=O) groups excluding carboxylic acids is 1. The molecule has 5 nitrogen and oxygen atoms in total. The molecule has 2 heterocycles. The Bertz CT molecular complexity index is 1100. The number of fused-ring (bicyclic) bond motifs is 2. The highest BCUT2D eigenvalue weighted by atomic mass is 16.4. The van der Waals surface area contributed by atoms with Crippen LogP contribution in [0.1, 0.15) is 47.3 Å². The Morgan fingerprint density at radius 1 is 1.04 bits per heavy atom. The van der Waals surface area contributed by atoms with Crippen molar-refractivity contribution >= 4 is 27.8 Å². The normalized spacial score (nSPS) is 14.3. The average Bonchev–Trinajstić information content (AvgIpc) is 3.35. The Balaban J connectivity index is 1.79. The minimum absolute atomic E-state index is 0.000617. The zero-order chi connectivity index (χ0) is 18.6. The summed E-state index contributed by atoms with van der Waals surface area (Å²) in [4.78, 5) is 24.5. The van der Waals surface area contributed by atoms with E-state index in [9.17, 15) is 9.59 Å². The summed E-state index contributed by atoms with van der Waals surface area (Å²) in [7, 11) is 0. The van der Waals surface area contributed by atoms with E-state index in [0.29, 0.717) is 30.0 Å². The van der Waals surface area contributed by atoms with Gasteiger partial charge in [-0.15, -0.1) is 0 Å². The maximum absolute atomic E-state index is 12.5. The van der Waals surface area contributed by atoms with Gasteiger partial charge in [0.1, 0.15) is 16.9 Å². The third-order valence-corrected chi connectivity index (χ3v) is 5.49. The minimum atomic E-state index is -0.364. The quantitative estimate of drug-likeness (QED) is 0.720. The van der Waals surface area contributed by atoms with Gasteiger partial charge in [0.15, 0.2) is 0 Å². The molecular weight excluding hydrogens is 330 g/mol. The lowest BCUT2D eigenvalue weighted by Gasteiger charge is -2.10. The molecule has 136 valence electrons. The number of hydrogen-bond donors (Lipinski definition) is 1. The van der Waals surface area contributed by atoms with Crippen molar-refractivity contribution in [2.75, 3.05) is 0 Å². The fourth-order valence-corrected chi connectivity index (χ4v) is 3.55. The van der Waals surface area contributed by atoms with E-state index < -0.39 is 0 Å². The molecule has 0 saturated heterocycles. The summed E-state index contributed by atoms with van der Waals surface area (Å²) in [5.41, 5.74) is 4.38. The lowest BCUT2D eigenvalue weighted by Crippen LogP contribution is -2.26. The van der Waals surface area contributed by atoms with Crippen LogP contribution in [-0.4, -0.2) is 11.9 Å². The molecule has 0 radical (unpaired) electrons. The standard InChI is InChI=1S/C21H23NO4/c1-10-13(4)25-19-12(3)20-17(9-16(10)19)11(2)15(21(24)26-20)7-8-18(23)22-14-5-6-14/h9,14H,5-8H2,1-4H3,(H,22,23). The predicted octanol–water partition coefficient (Wildman–Crippen LogP) is 3.98. The monoisotopic (exact) mass is 353 g/mol. The van der Waals surface area contributed by atoms with E-state index in [4.69, 9.17) is 8.83 Å². The van der Waals surface area contributed by atoms with Crippen LogP contribution in [-0.2, 0) is 11.2 Å². The maximum Gasteiger partial charge on any atom is 0.339 e. The third-order valence-electron chi connectivity index (χ3n) is 5.49. The topological polar surface area (TPSA) is 72.5 Å². The second-order valence-corrected chi connectivity index (χ2v) is 7.37. The Kier molecular flexibility index (Phi) is 3.90. The molecule has 1 aromatic carbocycles. The molecular formula is C21H23NO4. The van der Waals surface area contributed by atoms with Crippen LogP contribution < -0.4 is 10.9 Å². The number of benzene rings is 1. The molecule has 0 atom stereocenters. The van der Waals surface area contributed by atoms with Gasteiger partial charge in [0.05, 0.1) is 0 Å². The van der Waals surface area contributed by atoms with Crippen molar-refractivity contribution in [1.82, 2.24) is 5.32 Å². The number of amides is 1. The highest BCUT2D eigenvalue weighted by Gasteiger charge is 2.24. The number of rotatable bonds is 4. The largest absolute Gasteiger partial charge is 0.461 e. The number of carbonyl (C=O) groups is 1. The second-order valence-electron chi connectivity index (χ2n) is 7.37. The van der Waals surface area contributed by atoms with Crippen LogP contribution in [0.3, 0.4) is 0 Å². The van der Waals surface area contributed by atoms with Crippen LogP contribution in [0.25, 0.3) is 21.9 Å². The Hall–Kier alpha value is -2.56. The van der Waals surface area contributed by atoms with E-state index in [0.717, 1.165) is 51.6 Å². The smallest absolute Gasteiger partial charge is 0.339 e. The summed E-state index contributed by atoms with van der Waals surface area (Å²) in [6, 6.07) is 2.37. The zero-order valence-electron chi connectivity index (χ0n) is 15.6. The second kappa shape index (κ2) is 6.01. The molecule has 1 N–H and O–H groups in total. The minimum Gasteiger partial charge on any atom is -0.461 e. The number of nitrogens with one attached hydrogen (secondary N) is 1. The van der Waals surface area contributed by atoms with Gasteiger partial charge in [0.2, 0.25) is 5.91 Å². The molecule has 26 heavy (non-hydrogen) atoms. The van der Waals surface area contributed by atoms with E-state index in [1.165, 1.54) is 0 Å². The zero-order valence-corrected chi connectivity index (χ0v) is 15.6. The van der Waals surface area contributed by atoms with Crippen molar-refractivity contribution < 1.29 is 13.6 Å². The van der Waals surface area contributed by atoms with Crippen LogP contribution in [0.15, 0.2) is 19.7 Å². The van der Waals surface area contributed by atoms with Crippen LogP contribution in [0.5, 0.6) is 0 Å². The van der Waals surface area contributed by atoms with Gasteiger partial charge in [-0.1, -0.05) is 0 Å². The maximum atomic E-state index is 12.5. The molecule has 5 heteroatoms. The number of aryl methyl sites for hydroxylation is 4. The van der Waals surface area contributed by atoms with Crippen molar-refractivity contribution in [1.29, 1.82) is 0 Å². The number of furan rings is 1. The molecule has 1 aliphatic carbocycles. The molecule has 0 unspecified atom stereocenters. The molecule has 3 aromatic rings. The van der Waals surface area contributed by atoms with Crippen molar-refractivity contribution in [3.8, 4) is 0 Å². The SMILES string of the molecule is Cc1oc2c(C)c3oc(=O)c(CCC(=O)NC4CC4)c(C)c3cc2c1C. The van der Waals surface area contributed by atoms with E-state index in [-0.39, 0.29) is 11.5 Å². The molecule has 2 aromatic heterocycles. The first-order valence-electron chi connectivity index (χ1n) is 9.11. The van der Waals surface area contributed by atoms with Crippen molar-refractivity contribution in [3.05, 3.63) is 44.5 Å². The summed E-state index contributed by atoms with van der Waals surface area (Å²) >= 11 is 0. The summed E-state index contributed by atoms with van der Waals surface area (Å²) in [5.74, 6) is 0.870. The van der Waals surface area contributed by atoms with Gasteiger partial charge in [0.25, 0.3) is 0 Å². The highest BCUT2D eigenvalue weighted by molar-refractivity contribution is 6.00. The van der Waals surface area contributed by atoms with Gasteiger partial charge in [-0.2, -0.15) is 0 Å². The first-order chi connectivity index (χ1) is 12.4. The lowest BCUT2D eigenvalue weighted by atomic mass is 9.98. The highest BCUT2D eigenvalue weighted by Crippen LogP contribution is 2.34. The number of hydrogen-bond acceptors (Lipinski definition) is 4. The van der Waals surface area contributed by atoms with Gasteiger partial charge in [-0.3, -0.25) is 4.79 Å². The Morgan fingerprint density at radius 3 is 2.38 bits per heavy atom. The van der Waals surface area contributed by atoms with Gasteiger partial charge in [0, 0.05) is 34.4 Å². The van der Waals surface area contributed by atoms with E-state index in [1.807, 2.05) is 33.8 Å². The van der Waals surface area contributed by atoms with E-state index in [2.05, 4.69) is 5.32 Å². The lowest BCUT2D eigenvalue weighted by molar-refractivity contribution is -0.121. The van der Waals surface area contributed by atoms with Crippen molar-refractivity contribution in [2.45, 2.75) is 59.4 Å². The van der Waals surface area contributed by atoms with Crippen LogP contribution in [0.2, 0.25) is 0 Å². The molecule has 0 spiro atoms. The van der Waals surface area contributed by atoms with Crippen LogP contribution >= 0.6 is 0 Å². The molecule has 1 amide bonds. The fraction of sp³-hybridized carbons (Fsp3) is 0.429. The Morgan fingerprint density at radius 2 is 1.69 bits per heavy atom. The summed E-state index contributed by atoms with van der Waals surface area (Å²) in [5, 5.41) is 4.92. The Labute approximate surface area is 151 Å². The molecule has 1 aliphatic rings. The summed E-state index contributed by atoms with van der Waals surface area (Å²) in [6.45, 7) is 7.81. The van der Waals surface area contributed by atoms with Crippen molar-refractivity contribution in [3.63, 3.8) is 0 Å². The van der Waals surface area contributed by atoms with E-state index in [1.54, 1.807) is 0 Å². The van der Waals surface area contributed by atoms with Gasteiger partial charge in [-0.05, 0) is 64.2 Å². The van der Waals surface area contributed by atoms with Crippen molar-refractivity contribution in [2.24, 2.45) is 0 Å².